The third kappa shape index (κ3) is 4.16. The Kier molecular flexibility index (Phi) is 5.14. The van der Waals surface area contributed by atoms with Gasteiger partial charge in [-0.3, -0.25) is 4.79 Å². The molecule has 0 spiro atoms. The molecule has 1 atom stereocenters. The summed E-state index contributed by atoms with van der Waals surface area (Å²) in [6.07, 6.45) is 0. The van der Waals surface area contributed by atoms with Crippen molar-refractivity contribution in [3.63, 3.8) is 0 Å². The molecule has 0 saturated heterocycles. The summed E-state index contributed by atoms with van der Waals surface area (Å²) in [5, 5.41) is 13.4. The van der Waals surface area contributed by atoms with Crippen molar-refractivity contribution >= 4 is 5.91 Å². The fourth-order valence-electron chi connectivity index (χ4n) is 2.71. The largest absolute Gasteiger partial charge is 0.384 e. The van der Waals surface area contributed by atoms with Crippen LogP contribution in [0.15, 0.2) is 78.9 Å². The standard InChI is InChI=1S/C22H20FNO2/c1-22(26,15-24-21(25)18-9-13-20(23)14-10-18)19-11-7-17(8-12-19)16-5-3-2-4-6-16/h2-14,26H,15H2,1H3,(H,24,25). The number of halogens is 1. The minimum Gasteiger partial charge on any atom is -0.384 e. The van der Waals surface area contributed by atoms with Gasteiger partial charge in [0.15, 0.2) is 0 Å². The first kappa shape index (κ1) is 17.8. The topological polar surface area (TPSA) is 49.3 Å². The second kappa shape index (κ2) is 7.50. The number of hydrogen-bond donors (Lipinski definition) is 2. The molecule has 2 N–H and O–H groups in total. The molecule has 0 radical (unpaired) electrons. The van der Waals surface area contributed by atoms with Gasteiger partial charge in [-0.15, -0.1) is 0 Å². The van der Waals surface area contributed by atoms with Crippen molar-refractivity contribution in [2.45, 2.75) is 12.5 Å². The molecule has 3 aromatic rings. The van der Waals surface area contributed by atoms with Crippen molar-refractivity contribution in [3.8, 4) is 11.1 Å². The van der Waals surface area contributed by atoms with Crippen molar-refractivity contribution in [2.75, 3.05) is 6.54 Å². The molecule has 0 heterocycles. The van der Waals surface area contributed by atoms with Gasteiger partial charge in [-0.1, -0.05) is 54.6 Å². The summed E-state index contributed by atoms with van der Waals surface area (Å²) in [5.74, 6) is -0.752. The Morgan fingerprint density at radius 1 is 0.923 bits per heavy atom. The van der Waals surface area contributed by atoms with Gasteiger partial charge in [0, 0.05) is 5.56 Å². The molecule has 26 heavy (non-hydrogen) atoms. The zero-order valence-electron chi connectivity index (χ0n) is 14.4. The van der Waals surface area contributed by atoms with E-state index in [9.17, 15) is 14.3 Å². The second-order valence-corrected chi connectivity index (χ2v) is 6.41. The molecule has 0 aromatic heterocycles. The fraction of sp³-hybridized carbons (Fsp3) is 0.136. The Morgan fingerprint density at radius 2 is 1.50 bits per heavy atom. The smallest absolute Gasteiger partial charge is 0.251 e. The molecule has 132 valence electrons. The van der Waals surface area contributed by atoms with Crippen LogP contribution in [-0.2, 0) is 5.60 Å². The van der Waals surface area contributed by atoms with Gasteiger partial charge in [-0.05, 0) is 47.9 Å². The molecule has 0 aliphatic heterocycles. The number of carbonyl (C=O) groups is 1. The number of nitrogens with one attached hydrogen (secondary N) is 1. The van der Waals surface area contributed by atoms with E-state index >= 15 is 0 Å². The van der Waals surface area contributed by atoms with E-state index in [1.54, 1.807) is 6.92 Å². The van der Waals surface area contributed by atoms with E-state index in [0.717, 1.165) is 11.1 Å². The van der Waals surface area contributed by atoms with Gasteiger partial charge in [0.1, 0.15) is 11.4 Å². The van der Waals surface area contributed by atoms with Crippen LogP contribution in [0, 0.1) is 5.82 Å². The highest BCUT2D eigenvalue weighted by Gasteiger charge is 2.24. The lowest BCUT2D eigenvalue weighted by Gasteiger charge is -2.24. The van der Waals surface area contributed by atoms with E-state index in [0.29, 0.717) is 11.1 Å². The Hall–Kier alpha value is -2.98. The molecule has 0 saturated carbocycles. The fourth-order valence-corrected chi connectivity index (χ4v) is 2.71. The lowest BCUT2D eigenvalue weighted by atomic mass is 9.93. The SMILES string of the molecule is CC(O)(CNC(=O)c1ccc(F)cc1)c1ccc(-c2ccccc2)cc1. The third-order valence-corrected chi connectivity index (χ3v) is 4.31. The highest BCUT2D eigenvalue weighted by atomic mass is 19.1. The molecule has 3 nitrogen and oxygen atoms in total. The number of rotatable bonds is 5. The Labute approximate surface area is 152 Å². The van der Waals surface area contributed by atoms with Gasteiger partial charge in [0.2, 0.25) is 0 Å². The maximum absolute atomic E-state index is 12.9. The molecule has 0 fully saturated rings. The van der Waals surface area contributed by atoms with Gasteiger partial charge in [0.25, 0.3) is 5.91 Å². The highest BCUT2D eigenvalue weighted by Crippen LogP contribution is 2.24. The van der Waals surface area contributed by atoms with Crippen molar-refractivity contribution in [1.82, 2.24) is 5.32 Å². The summed E-state index contributed by atoms with van der Waals surface area (Å²) in [6, 6.07) is 22.8. The van der Waals surface area contributed by atoms with Crippen molar-refractivity contribution in [1.29, 1.82) is 0 Å². The normalized spacial score (nSPS) is 13.0. The van der Waals surface area contributed by atoms with E-state index in [1.807, 2.05) is 54.6 Å². The lowest BCUT2D eigenvalue weighted by molar-refractivity contribution is 0.0526. The average molecular weight is 349 g/mol. The molecule has 3 rings (SSSR count). The minimum absolute atomic E-state index is 0.0495. The Morgan fingerprint density at radius 3 is 2.12 bits per heavy atom. The predicted octanol–water partition coefficient (Wildman–Crippen LogP) is 4.13. The van der Waals surface area contributed by atoms with Crippen LogP contribution in [0.1, 0.15) is 22.8 Å². The first-order chi connectivity index (χ1) is 12.5. The summed E-state index contributed by atoms with van der Waals surface area (Å²) in [6.45, 7) is 1.70. The summed E-state index contributed by atoms with van der Waals surface area (Å²) >= 11 is 0. The first-order valence-corrected chi connectivity index (χ1v) is 8.38. The number of amides is 1. The lowest BCUT2D eigenvalue weighted by Crippen LogP contribution is -2.38. The van der Waals surface area contributed by atoms with E-state index in [2.05, 4.69) is 5.32 Å². The number of benzene rings is 3. The van der Waals surface area contributed by atoms with Crippen LogP contribution in [0.4, 0.5) is 4.39 Å². The zero-order chi connectivity index (χ0) is 18.6. The molecule has 1 amide bonds. The molecule has 0 bridgehead atoms. The quantitative estimate of drug-likeness (QED) is 0.728. The van der Waals surface area contributed by atoms with E-state index in [-0.39, 0.29) is 12.5 Å². The van der Waals surface area contributed by atoms with Crippen molar-refractivity contribution in [3.05, 3.63) is 95.8 Å². The predicted molar refractivity (Wildman–Crippen MR) is 100 cm³/mol. The summed E-state index contributed by atoms with van der Waals surface area (Å²) in [4.78, 5) is 12.1. The summed E-state index contributed by atoms with van der Waals surface area (Å²) in [7, 11) is 0. The van der Waals surface area contributed by atoms with Gasteiger partial charge in [-0.25, -0.2) is 4.39 Å². The van der Waals surface area contributed by atoms with Crippen molar-refractivity contribution < 1.29 is 14.3 Å². The van der Waals surface area contributed by atoms with E-state index < -0.39 is 11.4 Å². The molecule has 0 aliphatic rings. The van der Waals surface area contributed by atoms with Gasteiger partial charge in [0.05, 0.1) is 6.54 Å². The zero-order valence-corrected chi connectivity index (χ0v) is 14.4. The molecule has 1 unspecified atom stereocenters. The second-order valence-electron chi connectivity index (χ2n) is 6.41. The van der Waals surface area contributed by atoms with Crippen LogP contribution < -0.4 is 5.32 Å². The van der Waals surface area contributed by atoms with Crippen LogP contribution in [0.2, 0.25) is 0 Å². The first-order valence-electron chi connectivity index (χ1n) is 8.38. The average Bonchev–Trinajstić information content (AvgIpc) is 2.67. The molecular weight excluding hydrogens is 329 g/mol. The third-order valence-electron chi connectivity index (χ3n) is 4.31. The number of carbonyl (C=O) groups excluding carboxylic acids is 1. The van der Waals surface area contributed by atoms with Crippen LogP contribution in [0.25, 0.3) is 11.1 Å². The summed E-state index contributed by atoms with van der Waals surface area (Å²) in [5.41, 5.74) is 1.99. The Bertz CT molecular complexity index is 872. The summed E-state index contributed by atoms with van der Waals surface area (Å²) < 4.78 is 12.9. The van der Waals surface area contributed by atoms with Crippen LogP contribution in [0.5, 0.6) is 0 Å². The molecule has 4 heteroatoms. The Balaban J connectivity index is 1.67. The van der Waals surface area contributed by atoms with Gasteiger partial charge in [-0.2, -0.15) is 0 Å². The van der Waals surface area contributed by atoms with Gasteiger partial charge < -0.3 is 10.4 Å². The van der Waals surface area contributed by atoms with Crippen LogP contribution in [-0.4, -0.2) is 17.6 Å². The van der Waals surface area contributed by atoms with Crippen molar-refractivity contribution in [2.24, 2.45) is 0 Å². The van der Waals surface area contributed by atoms with Crippen LogP contribution in [0.3, 0.4) is 0 Å². The minimum atomic E-state index is -1.22. The molecule has 3 aromatic carbocycles. The maximum Gasteiger partial charge on any atom is 0.251 e. The molecular formula is C22H20FNO2. The monoisotopic (exact) mass is 349 g/mol. The van der Waals surface area contributed by atoms with Crippen LogP contribution >= 0.6 is 0 Å². The van der Waals surface area contributed by atoms with E-state index in [4.69, 9.17) is 0 Å². The maximum atomic E-state index is 12.9. The highest BCUT2D eigenvalue weighted by molar-refractivity contribution is 5.94. The molecule has 0 aliphatic carbocycles. The number of aliphatic hydroxyl groups is 1. The van der Waals surface area contributed by atoms with E-state index in [1.165, 1.54) is 24.3 Å². The van der Waals surface area contributed by atoms with Gasteiger partial charge >= 0.3 is 0 Å². The number of hydrogen-bond acceptors (Lipinski definition) is 2.